The van der Waals surface area contributed by atoms with Crippen LogP contribution in [0.25, 0.3) is 0 Å². The Morgan fingerprint density at radius 3 is 2.33 bits per heavy atom. The third kappa shape index (κ3) is 7.77. The molecule has 6 atom stereocenters. The average Bonchev–Trinajstić information content (AvgIpc) is 3.09. The summed E-state index contributed by atoms with van der Waals surface area (Å²) in [6.07, 6.45) is 16.5. The molecule has 206 valence electrons. The number of allylic oxidation sites excluding steroid dienone is 3. The van der Waals surface area contributed by atoms with E-state index in [1.165, 1.54) is 50.5 Å². The Labute approximate surface area is 220 Å². The van der Waals surface area contributed by atoms with Crippen molar-refractivity contribution in [3.05, 3.63) is 23.3 Å². The van der Waals surface area contributed by atoms with Crippen LogP contribution < -0.4 is 0 Å². The van der Waals surface area contributed by atoms with E-state index in [4.69, 9.17) is 0 Å². The summed E-state index contributed by atoms with van der Waals surface area (Å²) in [6.45, 7) is 12.7. The van der Waals surface area contributed by atoms with E-state index in [1.54, 1.807) is 19.4 Å². The van der Waals surface area contributed by atoms with Crippen molar-refractivity contribution >= 4 is 5.78 Å². The highest BCUT2D eigenvalue weighted by atomic mass is 16.3. The molecule has 3 aliphatic carbocycles. The molecule has 3 N–H and O–H groups in total. The third-order valence-electron chi connectivity index (χ3n) is 9.61. The number of hydrogen-bond donors (Lipinski definition) is 3. The second-order valence-corrected chi connectivity index (χ2v) is 14.3. The Kier molecular flexibility index (Phi) is 9.72. The number of rotatable bonds is 9. The number of hydrogen-bond acceptors (Lipinski definition) is 4. The molecule has 0 spiro atoms. The number of fused-ring (bicyclic) bond motifs is 1. The maximum atomic E-state index is 12.6. The Balaban J connectivity index is 1.76. The van der Waals surface area contributed by atoms with Gasteiger partial charge in [0.05, 0.1) is 12.2 Å². The second-order valence-electron chi connectivity index (χ2n) is 14.3. The summed E-state index contributed by atoms with van der Waals surface area (Å²) >= 11 is 0. The van der Waals surface area contributed by atoms with Gasteiger partial charge in [0.2, 0.25) is 0 Å². The van der Waals surface area contributed by atoms with E-state index in [0.717, 1.165) is 12.8 Å². The van der Waals surface area contributed by atoms with Crippen molar-refractivity contribution in [2.45, 2.75) is 143 Å². The minimum atomic E-state index is -1.24. The zero-order chi connectivity index (χ0) is 26.7. The van der Waals surface area contributed by atoms with Crippen molar-refractivity contribution in [3.63, 3.8) is 0 Å². The molecule has 4 heteroatoms. The standard InChI is InChI=1S/C32H54O4/c1-30(2,3)17-7-9-24(13-16-29(35)31(4,5)36)28-15-14-27-23(10-8-18-32(27,28)6)12-11-22-19-25(33)21-26(34)20-22/h11-12,24-28,33-34,36H,7-10,13-21H2,1-6H3/b23-12+/t24-,25+,26+,27-,28+,32-/m0/s1. The molecule has 0 aromatic carbocycles. The summed E-state index contributed by atoms with van der Waals surface area (Å²) in [4.78, 5) is 12.6. The summed E-state index contributed by atoms with van der Waals surface area (Å²) in [5.74, 6) is 1.69. The van der Waals surface area contributed by atoms with Gasteiger partial charge in [0, 0.05) is 6.42 Å². The zero-order valence-corrected chi connectivity index (χ0v) is 24.0. The maximum Gasteiger partial charge on any atom is 0.163 e. The van der Waals surface area contributed by atoms with E-state index in [9.17, 15) is 20.1 Å². The molecular formula is C32H54O4. The summed E-state index contributed by atoms with van der Waals surface area (Å²) in [6, 6.07) is 0. The monoisotopic (exact) mass is 502 g/mol. The fraction of sp³-hybridized carbons (Fsp3) is 0.844. The molecule has 0 aliphatic heterocycles. The topological polar surface area (TPSA) is 77.8 Å². The number of aliphatic hydroxyl groups excluding tert-OH is 2. The molecule has 0 heterocycles. The van der Waals surface area contributed by atoms with Crippen molar-refractivity contribution in [3.8, 4) is 0 Å². The highest BCUT2D eigenvalue weighted by Crippen LogP contribution is 2.60. The fourth-order valence-electron chi connectivity index (χ4n) is 7.65. The van der Waals surface area contributed by atoms with Crippen LogP contribution in [0.1, 0.15) is 125 Å². The summed E-state index contributed by atoms with van der Waals surface area (Å²) in [5.41, 5.74) is 2.06. The van der Waals surface area contributed by atoms with E-state index in [1.807, 2.05) is 0 Å². The van der Waals surface area contributed by atoms with Gasteiger partial charge in [-0.2, -0.15) is 0 Å². The predicted octanol–water partition coefficient (Wildman–Crippen LogP) is 6.91. The molecular weight excluding hydrogens is 448 g/mol. The van der Waals surface area contributed by atoms with Gasteiger partial charge in [0.15, 0.2) is 5.78 Å². The van der Waals surface area contributed by atoms with Gasteiger partial charge in [-0.3, -0.25) is 4.79 Å². The minimum absolute atomic E-state index is 0.0317. The highest BCUT2D eigenvalue weighted by molar-refractivity contribution is 5.86. The quantitative estimate of drug-likeness (QED) is 0.320. The second kappa shape index (κ2) is 11.8. The van der Waals surface area contributed by atoms with Crippen molar-refractivity contribution < 1.29 is 20.1 Å². The van der Waals surface area contributed by atoms with Gasteiger partial charge >= 0.3 is 0 Å². The van der Waals surface area contributed by atoms with Crippen LogP contribution in [0.5, 0.6) is 0 Å². The molecule has 3 aliphatic rings. The lowest BCUT2D eigenvalue weighted by Gasteiger charge is -2.45. The molecule has 0 radical (unpaired) electrons. The molecule has 0 aromatic rings. The molecule has 0 amide bonds. The normalized spacial score (nSPS) is 33.5. The Hall–Kier alpha value is -0.970. The Morgan fingerprint density at radius 1 is 1.06 bits per heavy atom. The van der Waals surface area contributed by atoms with Gasteiger partial charge in [-0.15, -0.1) is 0 Å². The van der Waals surface area contributed by atoms with Crippen molar-refractivity contribution in [1.29, 1.82) is 0 Å². The van der Waals surface area contributed by atoms with Crippen LogP contribution in [0.15, 0.2) is 23.3 Å². The van der Waals surface area contributed by atoms with Gasteiger partial charge in [-0.1, -0.05) is 63.8 Å². The van der Waals surface area contributed by atoms with Gasteiger partial charge < -0.3 is 15.3 Å². The SMILES string of the molecule is CC(C)(C)CCC[C@@H](CCC(=O)C(C)(C)O)[C@H]1CC[C@H]2/C(=C/C=C3C[C@@H](O)C[C@H](O)C3)CCC[C@]12C. The van der Waals surface area contributed by atoms with E-state index < -0.39 is 17.8 Å². The number of Topliss-reactive ketones (excluding diaryl/α,β-unsaturated/α-hetero) is 1. The first kappa shape index (κ1) is 29.6. The van der Waals surface area contributed by atoms with Crippen LogP contribution in [0.2, 0.25) is 0 Å². The summed E-state index contributed by atoms with van der Waals surface area (Å²) in [5, 5.41) is 30.4. The van der Waals surface area contributed by atoms with Gasteiger partial charge in [0.25, 0.3) is 0 Å². The molecule has 3 fully saturated rings. The lowest BCUT2D eigenvalue weighted by Crippen LogP contribution is -2.37. The molecule has 4 nitrogen and oxygen atoms in total. The van der Waals surface area contributed by atoms with Crippen LogP contribution in [-0.4, -0.2) is 38.9 Å². The average molecular weight is 503 g/mol. The molecule has 3 rings (SSSR count). The molecule has 0 saturated heterocycles. The smallest absolute Gasteiger partial charge is 0.163 e. The van der Waals surface area contributed by atoms with Crippen molar-refractivity contribution in [2.75, 3.05) is 0 Å². The van der Waals surface area contributed by atoms with Crippen molar-refractivity contribution in [1.82, 2.24) is 0 Å². The van der Waals surface area contributed by atoms with Crippen LogP contribution in [0.4, 0.5) is 0 Å². The van der Waals surface area contributed by atoms with Crippen LogP contribution in [0.3, 0.4) is 0 Å². The van der Waals surface area contributed by atoms with Crippen LogP contribution >= 0.6 is 0 Å². The van der Waals surface area contributed by atoms with E-state index in [2.05, 4.69) is 39.8 Å². The first-order valence-electron chi connectivity index (χ1n) is 14.7. The van der Waals surface area contributed by atoms with Gasteiger partial charge in [0.1, 0.15) is 5.60 Å². The number of aliphatic hydroxyl groups is 3. The first-order valence-corrected chi connectivity index (χ1v) is 14.7. The molecule has 0 bridgehead atoms. The molecule has 36 heavy (non-hydrogen) atoms. The zero-order valence-electron chi connectivity index (χ0n) is 24.0. The lowest BCUT2D eigenvalue weighted by molar-refractivity contribution is -0.134. The summed E-state index contributed by atoms with van der Waals surface area (Å²) < 4.78 is 0. The van der Waals surface area contributed by atoms with Crippen molar-refractivity contribution in [2.24, 2.45) is 28.6 Å². The van der Waals surface area contributed by atoms with Crippen LogP contribution in [-0.2, 0) is 4.79 Å². The van der Waals surface area contributed by atoms with E-state index in [-0.39, 0.29) is 11.2 Å². The summed E-state index contributed by atoms with van der Waals surface area (Å²) in [7, 11) is 0. The third-order valence-corrected chi connectivity index (χ3v) is 9.61. The van der Waals surface area contributed by atoms with Gasteiger partial charge in [-0.25, -0.2) is 0 Å². The lowest BCUT2D eigenvalue weighted by atomic mass is 9.60. The fourth-order valence-corrected chi connectivity index (χ4v) is 7.65. The van der Waals surface area contributed by atoms with E-state index in [0.29, 0.717) is 48.9 Å². The highest BCUT2D eigenvalue weighted by Gasteiger charge is 2.51. The molecule has 3 saturated carbocycles. The van der Waals surface area contributed by atoms with E-state index >= 15 is 0 Å². The maximum absolute atomic E-state index is 12.6. The first-order chi connectivity index (χ1) is 16.7. The Morgan fingerprint density at radius 2 is 1.72 bits per heavy atom. The van der Waals surface area contributed by atoms with Gasteiger partial charge in [-0.05, 0) is 107 Å². The minimum Gasteiger partial charge on any atom is -0.393 e. The molecule has 0 aromatic heterocycles. The predicted molar refractivity (Wildman–Crippen MR) is 148 cm³/mol. The number of ketones is 1. The largest absolute Gasteiger partial charge is 0.393 e. The number of carbonyl (C=O) groups is 1. The number of carbonyl (C=O) groups excluding carboxylic acids is 1. The van der Waals surface area contributed by atoms with Crippen LogP contribution in [0, 0.1) is 28.6 Å². The Bertz CT molecular complexity index is 799. The molecule has 0 unspecified atom stereocenters.